The standard InChI is InChI=1S/C8H14N6O8/c1-7(15)3-12(17)9-21-5-11(14(19)20)6-22-10-13(18)4-8(2)16/h3-6H2,1-2H3/b12-9-,13-10-. The van der Waals surface area contributed by atoms with Gasteiger partial charge in [0, 0.05) is 13.8 Å². The predicted octanol–water partition coefficient (Wildman–Crippen LogP) is -0.639. The molecule has 0 aliphatic heterocycles. The van der Waals surface area contributed by atoms with Gasteiger partial charge in [-0.2, -0.15) is 0 Å². The van der Waals surface area contributed by atoms with Crippen LogP contribution < -0.4 is 0 Å². The van der Waals surface area contributed by atoms with E-state index in [1.54, 1.807) is 0 Å². The van der Waals surface area contributed by atoms with E-state index in [0.29, 0.717) is 0 Å². The summed E-state index contributed by atoms with van der Waals surface area (Å²) in [5, 5.41) is 37.5. The van der Waals surface area contributed by atoms with Gasteiger partial charge in [0.05, 0.1) is 0 Å². The van der Waals surface area contributed by atoms with Crippen LogP contribution in [0.3, 0.4) is 0 Å². The van der Waals surface area contributed by atoms with Crippen molar-refractivity contribution in [3.63, 3.8) is 0 Å². The molecule has 0 spiro atoms. The third-order valence-corrected chi connectivity index (χ3v) is 1.66. The van der Waals surface area contributed by atoms with Gasteiger partial charge < -0.3 is 20.1 Å². The third kappa shape index (κ3) is 9.82. The lowest BCUT2D eigenvalue weighted by atomic mass is 10.5. The van der Waals surface area contributed by atoms with Crippen molar-refractivity contribution in [2.24, 2.45) is 10.6 Å². The van der Waals surface area contributed by atoms with Crippen LogP contribution >= 0.6 is 0 Å². The van der Waals surface area contributed by atoms with E-state index in [1.807, 2.05) is 0 Å². The van der Waals surface area contributed by atoms with Gasteiger partial charge >= 0.3 is 0 Å². The Morgan fingerprint density at radius 3 is 1.59 bits per heavy atom. The molecule has 14 nitrogen and oxygen atoms in total. The van der Waals surface area contributed by atoms with E-state index in [4.69, 9.17) is 0 Å². The molecule has 0 N–H and O–H groups in total. The topological polar surface area (TPSA) is 176 Å². The van der Waals surface area contributed by atoms with Crippen molar-refractivity contribution in [3.05, 3.63) is 20.5 Å². The second-order valence-electron chi connectivity index (χ2n) is 3.85. The number of Topliss-reactive ketones (excluding diaryl/α,β-unsaturated/α-hetero) is 2. The third-order valence-electron chi connectivity index (χ3n) is 1.66. The molecule has 124 valence electrons. The molecule has 14 heteroatoms. The van der Waals surface area contributed by atoms with E-state index < -0.39 is 43.1 Å². The maximum Gasteiger partial charge on any atom is 0.254 e. The summed E-state index contributed by atoms with van der Waals surface area (Å²) < 4.78 is 0. The summed E-state index contributed by atoms with van der Waals surface area (Å²) in [5.41, 5.74) is 0. The van der Waals surface area contributed by atoms with E-state index in [2.05, 4.69) is 20.2 Å². The highest BCUT2D eigenvalue weighted by Gasteiger charge is 2.17. The van der Waals surface area contributed by atoms with Gasteiger partial charge in [0.1, 0.15) is 0 Å². The number of hydroxylamine groups is 2. The average molecular weight is 322 g/mol. The maximum atomic E-state index is 10.9. The van der Waals surface area contributed by atoms with Crippen LogP contribution in [0.1, 0.15) is 13.8 Å². The molecule has 0 aromatic rings. The number of hydrogen-bond donors (Lipinski definition) is 0. The molecule has 22 heavy (non-hydrogen) atoms. The first kappa shape index (κ1) is 18.9. The Bertz CT molecular complexity index is 441. The van der Waals surface area contributed by atoms with Gasteiger partial charge in [-0.3, -0.25) is 9.59 Å². The molecule has 0 aromatic carbocycles. The summed E-state index contributed by atoms with van der Waals surface area (Å²) in [7, 11) is 0. The molecule has 0 atom stereocenters. The van der Waals surface area contributed by atoms with Crippen molar-refractivity contribution in [2.45, 2.75) is 13.8 Å². The molecule has 0 rings (SSSR count). The highest BCUT2D eigenvalue weighted by Crippen LogP contribution is 1.93. The second kappa shape index (κ2) is 9.78. The molecule has 0 fully saturated rings. The number of nitrogens with zero attached hydrogens (tertiary/aromatic N) is 6. The van der Waals surface area contributed by atoms with Crippen LogP contribution in [0.2, 0.25) is 0 Å². The Morgan fingerprint density at radius 1 is 0.955 bits per heavy atom. The Labute approximate surface area is 123 Å². The normalized spacial score (nSPS) is 11.7. The molecule has 0 radical (unpaired) electrons. The fourth-order valence-corrected chi connectivity index (χ4v) is 0.884. The number of hydrogen-bond acceptors (Lipinski definition) is 10. The first-order valence-corrected chi connectivity index (χ1v) is 5.65. The number of nitro groups is 1. The minimum Gasteiger partial charge on any atom is -0.597 e. The number of carbonyl (C=O) groups is 2. The van der Waals surface area contributed by atoms with E-state index in [9.17, 15) is 30.1 Å². The first-order valence-electron chi connectivity index (χ1n) is 5.65. The van der Waals surface area contributed by atoms with E-state index in [-0.39, 0.29) is 14.7 Å². The molecular formula is C8H14N6O8. The van der Waals surface area contributed by atoms with Crippen molar-refractivity contribution in [3.8, 4) is 0 Å². The van der Waals surface area contributed by atoms with Crippen molar-refractivity contribution in [1.29, 1.82) is 0 Å². The number of ketones is 2. The zero-order chi connectivity index (χ0) is 17.1. The summed E-state index contributed by atoms with van der Waals surface area (Å²) in [6.07, 6.45) is 0. The molecule has 0 saturated heterocycles. The monoisotopic (exact) mass is 322 g/mol. The molecule has 0 bridgehead atoms. The molecular weight excluding hydrogens is 308 g/mol. The number of hydrazine groups is 1. The molecule has 0 aliphatic carbocycles. The van der Waals surface area contributed by atoms with Crippen LogP contribution in [0, 0.1) is 20.5 Å². The summed E-state index contributed by atoms with van der Waals surface area (Å²) in [6, 6.07) is 0. The maximum absolute atomic E-state index is 10.9. The van der Waals surface area contributed by atoms with Gasteiger partial charge in [0.2, 0.25) is 23.6 Å². The second-order valence-corrected chi connectivity index (χ2v) is 3.85. The molecule has 0 aliphatic rings. The summed E-state index contributed by atoms with van der Waals surface area (Å²) in [5.74, 6) is -0.951. The van der Waals surface area contributed by atoms with Gasteiger partial charge in [-0.05, 0) is 14.7 Å². The summed E-state index contributed by atoms with van der Waals surface area (Å²) in [6.45, 7) is -0.444. The smallest absolute Gasteiger partial charge is 0.254 e. The van der Waals surface area contributed by atoms with Gasteiger partial charge in [0.25, 0.3) is 13.5 Å². The summed E-state index contributed by atoms with van der Waals surface area (Å²) >= 11 is 0. The predicted molar refractivity (Wildman–Crippen MR) is 63.9 cm³/mol. The molecule has 0 amide bonds. The minimum absolute atomic E-state index is 0.0993. The molecule has 0 heterocycles. The van der Waals surface area contributed by atoms with Crippen LogP contribution in [0.4, 0.5) is 0 Å². The largest absolute Gasteiger partial charge is 0.597 e. The number of carbonyl (C=O) groups excluding carboxylic acids is 2. The van der Waals surface area contributed by atoms with Gasteiger partial charge in [-0.15, -0.1) is 0 Å². The van der Waals surface area contributed by atoms with Crippen molar-refractivity contribution < 1.29 is 34.0 Å². The van der Waals surface area contributed by atoms with Crippen LogP contribution in [-0.4, -0.2) is 57.9 Å². The van der Waals surface area contributed by atoms with Gasteiger partial charge in [-0.1, -0.05) is 0 Å². The van der Waals surface area contributed by atoms with E-state index >= 15 is 0 Å². The van der Waals surface area contributed by atoms with Gasteiger partial charge in [0.15, 0.2) is 16.6 Å². The van der Waals surface area contributed by atoms with Crippen LogP contribution in [-0.2, 0) is 19.3 Å². The first-order chi connectivity index (χ1) is 10.2. The van der Waals surface area contributed by atoms with Crippen LogP contribution in [0.25, 0.3) is 0 Å². The molecule has 0 aromatic heterocycles. The summed E-state index contributed by atoms with van der Waals surface area (Å²) in [4.78, 5) is 40.2. The zero-order valence-electron chi connectivity index (χ0n) is 11.8. The Balaban J connectivity index is 4.30. The molecule has 0 saturated carbocycles. The van der Waals surface area contributed by atoms with E-state index in [1.165, 1.54) is 0 Å². The molecule has 0 unspecified atom stereocenters. The average Bonchev–Trinajstić information content (AvgIpc) is 2.34. The Morgan fingerprint density at radius 2 is 1.32 bits per heavy atom. The lowest BCUT2D eigenvalue weighted by molar-refractivity contribution is -0.680. The highest BCUT2D eigenvalue weighted by atomic mass is 16.8. The Hall–Kier alpha value is -3.06. The fraction of sp³-hybridized carbons (Fsp3) is 0.750. The number of rotatable bonds is 11. The van der Waals surface area contributed by atoms with Crippen molar-refractivity contribution >= 4 is 11.6 Å². The lowest BCUT2D eigenvalue weighted by Crippen LogP contribution is -2.33. The highest BCUT2D eigenvalue weighted by molar-refractivity contribution is 5.76. The quantitative estimate of drug-likeness (QED) is 0.157. The fourth-order valence-electron chi connectivity index (χ4n) is 0.884. The zero-order valence-corrected chi connectivity index (χ0v) is 11.8. The van der Waals surface area contributed by atoms with Crippen LogP contribution in [0.5, 0.6) is 0 Å². The Kier molecular flexibility index (Phi) is 8.42. The SMILES string of the molecule is CC(=O)C/[N+]([O-])=N/OCN(CO/N=[N+](\[O-])CC(C)=O)[N+](=O)[O-]. The van der Waals surface area contributed by atoms with Crippen molar-refractivity contribution in [1.82, 2.24) is 5.01 Å². The van der Waals surface area contributed by atoms with E-state index in [0.717, 1.165) is 13.8 Å². The lowest BCUT2D eigenvalue weighted by Gasteiger charge is -2.09. The van der Waals surface area contributed by atoms with Crippen molar-refractivity contribution in [2.75, 3.05) is 26.6 Å². The minimum atomic E-state index is -0.953. The van der Waals surface area contributed by atoms with Crippen LogP contribution in [0.15, 0.2) is 10.6 Å². The van der Waals surface area contributed by atoms with Gasteiger partial charge in [-0.25, -0.2) is 10.1 Å².